The number of hydrogen-bond acceptors (Lipinski definition) is 3. The fraction of sp³-hybridized carbons (Fsp3) is 0.800. The van der Waals surface area contributed by atoms with Crippen molar-refractivity contribution in [1.82, 2.24) is 10.2 Å². The van der Waals surface area contributed by atoms with Gasteiger partial charge in [-0.05, 0) is 23.0 Å². The zero-order chi connectivity index (χ0) is 14.5. The molecule has 0 heterocycles. The third-order valence-corrected chi connectivity index (χ3v) is 12.8. The number of hydroxylamine groups is 1. The molecular weight excluding hydrogens is 256 g/mol. The minimum absolute atomic E-state index is 0.548. The Morgan fingerprint density at radius 1 is 0.944 bits per heavy atom. The molecule has 4 amide bonds. The van der Waals surface area contributed by atoms with Crippen molar-refractivity contribution in [3.8, 4) is 0 Å². The van der Waals surface area contributed by atoms with Crippen molar-refractivity contribution in [3.63, 3.8) is 0 Å². The van der Waals surface area contributed by atoms with Crippen LogP contribution >= 0.6 is 8.76 Å². The van der Waals surface area contributed by atoms with Gasteiger partial charge in [0, 0.05) is 0 Å². The molecule has 8 heteroatoms. The highest BCUT2D eigenvalue weighted by molar-refractivity contribution is 8.60. The normalized spacial score (nSPS) is 15.3. The van der Waals surface area contributed by atoms with Gasteiger partial charge in [0.15, 0.2) is 0 Å². The molecule has 0 atom stereocenters. The van der Waals surface area contributed by atoms with E-state index in [9.17, 15) is 9.59 Å². The van der Waals surface area contributed by atoms with E-state index < -0.39 is 20.8 Å². The second kappa shape index (κ2) is 4.85. The zero-order valence-corrected chi connectivity index (χ0v) is 12.4. The van der Waals surface area contributed by atoms with Crippen LogP contribution < -0.4 is 21.7 Å². The van der Waals surface area contributed by atoms with Gasteiger partial charge in [-0.2, -0.15) is 0 Å². The molecule has 0 saturated heterocycles. The van der Waals surface area contributed by atoms with Gasteiger partial charge in [-0.3, -0.25) is 4.72 Å². The van der Waals surface area contributed by atoms with Crippen LogP contribution in [0.1, 0.15) is 27.7 Å². The maximum atomic E-state index is 11.4. The van der Waals surface area contributed by atoms with Crippen LogP contribution in [0, 0.1) is 0 Å². The van der Waals surface area contributed by atoms with Crippen molar-refractivity contribution < 1.29 is 13.9 Å². The predicted molar refractivity (Wildman–Crippen MR) is 76.3 cm³/mol. The smallest absolute Gasteiger partial charge is 0.337 e. The molecule has 110 valence electrons. The number of urea groups is 2. The number of carbonyl (C=O) groups excluding carboxylic acids is 2. The molecule has 18 heavy (non-hydrogen) atoms. The summed E-state index contributed by atoms with van der Waals surface area (Å²) in [5.74, 6) is 2.19. The first-order chi connectivity index (χ1) is 8.19. The first-order valence-electron chi connectivity index (χ1n) is 6.04. The van der Waals surface area contributed by atoms with E-state index >= 15 is 0 Å². The predicted octanol–water partition coefficient (Wildman–Crippen LogP) is 1.04. The summed E-state index contributed by atoms with van der Waals surface area (Å²) in [6.07, 6.45) is 0. The van der Waals surface area contributed by atoms with Crippen LogP contribution in [-0.4, -0.2) is 35.1 Å². The monoisotopic (exact) mass is 282 g/mol. The fourth-order valence-corrected chi connectivity index (χ4v) is 6.83. The Hall–Kier alpha value is -1.15. The largest absolute Gasteiger partial charge is 0.351 e. The first kappa shape index (κ1) is 16.9. The van der Waals surface area contributed by atoms with Crippen molar-refractivity contribution in [2.45, 2.75) is 27.7 Å². The second-order valence-electron chi connectivity index (χ2n) is 4.53. The number of carbonyl (C=O) groups is 2. The van der Waals surface area contributed by atoms with E-state index in [4.69, 9.17) is 15.8 Å². The molecule has 0 aliphatic heterocycles. The van der Waals surface area contributed by atoms with Gasteiger partial charge in [0.1, 0.15) is 0 Å². The highest BCUT2D eigenvalue weighted by Gasteiger charge is 2.58. The van der Waals surface area contributed by atoms with Gasteiger partial charge in [0.2, 0.25) is 0 Å². The number of primary amides is 2. The zero-order valence-electron chi connectivity index (χ0n) is 11.6. The topological polar surface area (TPSA) is 119 Å². The maximum Gasteiger partial charge on any atom is 0.337 e. The van der Waals surface area contributed by atoms with Crippen LogP contribution in [0.4, 0.5) is 9.59 Å². The number of nitrogens with one attached hydrogen (secondary N) is 2. The molecule has 0 aromatic rings. The van der Waals surface area contributed by atoms with Crippen LogP contribution in [0.3, 0.4) is 0 Å². The lowest BCUT2D eigenvalue weighted by molar-refractivity contribution is 0.187. The van der Waals surface area contributed by atoms with E-state index in [0.29, 0.717) is 23.0 Å². The summed E-state index contributed by atoms with van der Waals surface area (Å²) in [4.78, 5) is 22.4. The third-order valence-electron chi connectivity index (χ3n) is 4.35. The lowest BCUT2D eigenvalue weighted by Crippen LogP contribution is -2.63. The summed E-state index contributed by atoms with van der Waals surface area (Å²) in [5, 5.41) is 0. The van der Waals surface area contributed by atoms with Crippen molar-refractivity contribution in [2.24, 2.45) is 11.5 Å². The van der Waals surface area contributed by atoms with E-state index in [2.05, 4.69) is 10.2 Å². The Balaban J connectivity index is 5.84. The molecule has 0 saturated carbocycles. The average Bonchev–Trinajstić information content (AvgIpc) is 2.36. The van der Waals surface area contributed by atoms with Crippen LogP contribution in [-0.2, 0) is 4.28 Å². The maximum absolute atomic E-state index is 11.4. The number of rotatable bonds is 7. The Bertz CT molecular complexity index is 328. The van der Waals surface area contributed by atoms with Crippen LogP contribution in [0.5, 0.6) is 0 Å². The highest BCUT2D eigenvalue weighted by Crippen LogP contribution is 2.85. The van der Waals surface area contributed by atoms with Crippen molar-refractivity contribution in [1.29, 1.82) is 0 Å². The lowest BCUT2D eigenvalue weighted by Gasteiger charge is -2.76. The van der Waals surface area contributed by atoms with Crippen molar-refractivity contribution in [3.05, 3.63) is 0 Å². The van der Waals surface area contributed by atoms with E-state index in [0.717, 1.165) is 0 Å². The van der Waals surface area contributed by atoms with Gasteiger partial charge in [0.05, 0.1) is 0 Å². The quantitative estimate of drug-likeness (QED) is 0.522. The first-order valence-corrected chi connectivity index (χ1v) is 9.09. The van der Waals surface area contributed by atoms with Crippen LogP contribution in [0.15, 0.2) is 0 Å². The Morgan fingerprint density at radius 3 is 1.56 bits per heavy atom. The number of hydrogen-bond donors (Lipinski definition) is 4. The summed E-state index contributed by atoms with van der Waals surface area (Å²) in [7, 11) is -3.48. The van der Waals surface area contributed by atoms with Crippen LogP contribution in [0.2, 0.25) is 0 Å². The summed E-state index contributed by atoms with van der Waals surface area (Å²) in [5.41, 5.74) is 12.6. The minimum Gasteiger partial charge on any atom is -0.351 e. The molecule has 0 fully saturated rings. The van der Waals surface area contributed by atoms with E-state index in [1.54, 1.807) is 0 Å². The Kier molecular flexibility index (Phi) is 4.54. The van der Waals surface area contributed by atoms with Crippen LogP contribution in [0.25, 0.3) is 0 Å². The third kappa shape index (κ3) is 2.49. The minimum atomic E-state index is -3.48. The second-order valence-corrected chi connectivity index (χ2v) is 11.9. The SMILES string of the molecule is CCS(CC)(CC)(CC)(NC(N)=O)ONC(N)=O. The van der Waals surface area contributed by atoms with Gasteiger partial charge in [-0.15, -0.1) is 8.76 Å². The number of nitrogens with two attached hydrogens (primary N) is 2. The molecule has 0 radical (unpaired) electrons. The molecule has 0 bridgehead atoms. The summed E-state index contributed by atoms with van der Waals surface area (Å²) in [6, 6.07) is -1.45. The van der Waals surface area contributed by atoms with Gasteiger partial charge >= 0.3 is 12.1 Å². The molecule has 0 rings (SSSR count). The molecule has 0 aliphatic rings. The molecule has 0 aliphatic carbocycles. The molecule has 0 aromatic heterocycles. The van der Waals surface area contributed by atoms with Gasteiger partial charge < -0.3 is 11.5 Å². The summed E-state index contributed by atoms with van der Waals surface area (Å²) >= 11 is 0. The van der Waals surface area contributed by atoms with Crippen molar-refractivity contribution in [2.75, 3.05) is 23.0 Å². The van der Waals surface area contributed by atoms with E-state index in [1.807, 2.05) is 27.7 Å². The average molecular weight is 282 g/mol. The fourth-order valence-electron chi connectivity index (χ4n) is 2.28. The highest BCUT2D eigenvalue weighted by atomic mass is 32.4. The molecule has 0 unspecified atom stereocenters. The molecule has 6 N–H and O–H groups in total. The van der Waals surface area contributed by atoms with Gasteiger partial charge in [-0.25, -0.2) is 19.4 Å². The molecule has 0 spiro atoms. The Morgan fingerprint density at radius 2 is 1.33 bits per heavy atom. The lowest BCUT2D eigenvalue weighted by atomic mass is 10.9. The summed E-state index contributed by atoms with van der Waals surface area (Å²) in [6.45, 7) is 7.65. The molecule has 0 aromatic carbocycles. The van der Waals surface area contributed by atoms with Gasteiger partial charge in [0.25, 0.3) is 0 Å². The van der Waals surface area contributed by atoms with Crippen molar-refractivity contribution >= 4 is 20.8 Å². The standard InChI is InChI=1S/C10H26N4O3S/c1-5-18(6-2,7-3,8-4,14-10(12)16)17-13-9(11)15/h5-8H2,1-4H3,(H3,11,13,15)(H3,12,14,16). The summed E-state index contributed by atoms with van der Waals surface area (Å²) < 4.78 is 8.59. The van der Waals surface area contributed by atoms with E-state index in [1.165, 1.54) is 0 Å². The van der Waals surface area contributed by atoms with E-state index in [-0.39, 0.29) is 0 Å². The Labute approximate surface area is 108 Å². The molecular formula is C10H26N4O3S. The number of amides is 4. The van der Waals surface area contributed by atoms with Gasteiger partial charge in [-0.1, -0.05) is 27.7 Å². The molecule has 7 nitrogen and oxygen atoms in total.